The molecule has 1 rings (SSSR count). The number of carbonyl (C=O) groups is 1. The molecule has 0 fully saturated rings. The maximum Gasteiger partial charge on any atom is 0.395 e. The Hall–Kier alpha value is -0.970. The fourth-order valence-electron chi connectivity index (χ4n) is 1.13. The van der Waals surface area contributed by atoms with Crippen LogP contribution in [0.15, 0.2) is 29.2 Å². The van der Waals surface area contributed by atoms with E-state index in [1.807, 2.05) is 0 Å². The van der Waals surface area contributed by atoms with Gasteiger partial charge in [0, 0.05) is 11.3 Å². The van der Waals surface area contributed by atoms with Crippen molar-refractivity contribution < 1.29 is 18.0 Å². The lowest BCUT2D eigenvalue weighted by Crippen LogP contribution is -2.16. The minimum Gasteiger partial charge on any atom is -0.299 e. The number of alkyl halides is 3. The summed E-state index contributed by atoms with van der Waals surface area (Å²) in [7, 11) is 0. The smallest absolute Gasteiger partial charge is 0.299 e. The Morgan fingerprint density at radius 3 is 2.20 bits per heavy atom. The Morgan fingerprint density at radius 1 is 1.20 bits per heavy atom. The summed E-state index contributed by atoms with van der Waals surface area (Å²) in [5.74, 6) is -0.825. The summed E-state index contributed by atoms with van der Waals surface area (Å²) >= 11 is 4.03. The van der Waals surface area contributed by atoms with Crippen LogP contribution >= 0.6 is 12.6 Å². The first-order valence-corrected chi connectivity index (χ1v) is 4.68. The molecule has 5 heteroatoms. The molecule has 0 spiro atoms. The highest BCUT2D eigenvalue weighted by Gasteiger charge is 2.30. The van der Waals surface area contributed by atoms with Gasteiger partial charge in [0.25, 0.3) is 0 Å². The van der Waals surface area contributed by atoms with Crippen molar-refractivity contribution in [1.29, 1.82) is 0 Å². The largest absolute Gasteiger partial charge is 0.395 e. The quantitative estimate of drug-likeness (QED) is 0.795. The van der Waals surface area contributed by atoms with Crippen LogP contribution in [-0.4, -0.2) is 12.0 Å². The van der Waals surface area contributed by atoms with E-state index in [4.69, 9.17) is 0 Å². The fourth-order valence-corrected chi connectivity index (χ4v) is 1.28. The lowest BCUT2D eigenvalue weighted by atomic mass is 10.1. The third kappa shape index (κ3) is 4.88. The first kappa shape index (κ1) is 12.1. The molecule has 0 saturated heterocycles. The number of benzene rings is 1. The van der Waals surface area contributed by atoms with Gasteiger partial charge in [0.1, 0.15) is 12.2 Å². The van der Waals surface area contributed by atoms with Crippen LogP contribution in [0.25, 0.3) is 0 Å². The van der Waals surface area contributed by atoms with Gasteiger partial charge in [-0.2, -0.15) is 13.2 Å². The zero-order chi connectivity index (χ0) is 11.5. The van der Waals surface area contributed by atoms with Crippen molar-refractivity contribution in [3.05, 3.63) is 29.8 Å². The van der Waals surface area contributed by atoms with Gasteiger partial charge in [-0.3, -0.25) is 4.79 Å². The van der Waals surface area contributed by atoms with Gasteiger partial charge in [0.05, 0.1) is 0 Å². The van der Waals surface area contributed by atoms with Crippen LogP contribution in [0.5, 0.6) is 0 Å². The highest BCUT2D eigenvalue weighted by molar-refractivity contribution is 7.80. The second-order valence-corrected chi connectivity index (χ2v) is 3.69. The van der Waals surface area contributed by atoms with E-state index in [0.717, 1.165) is 0 Å². The molecule has 0 radical (unpaired) electrons. The van der Waals surface area contributed by atoms with Crippen LogP contribution in [-0.2, 0) is 11.2 Å². The number of thiol groups is 1. The molecule has 0 heterocycles. The van der Waals surface area contributed by atoms with Gasteiger partial charge >= 0.3 is 6.18 Å². The average molecular weight is 234 g/mol. The van der Waals surface area contributed by atoms with Crippen molar-refractivity contribution in [1.82, 2.24) is 0 Å². The van der Waals surface area contributed by atoms with E-state index in [1.54, 1.807) is 24.3 Å². The lowest BCUT2D eigenvalue weighted by Gasteiger charge is -2.05. The Labute approximate surface area is 90.7 Å². The molecular weight excluding hydrogens is 225 g/mol. The molecule has 0 aliphatic carbocycles. The predicted octanol–water partition coefficient (Wildman–Crippen LogP) is 3.04. The van der Waals surface area contributed by atoms with Gasteiger partial charge in [-0.05, 0) is 17.7 Å². The Morgan fingerprint density at radius 2 is 1.73 bits per heavy atom. The number of rotatable bonds is 3. The van der Waals surface area contributed by atoms with Gasteiger partial charge in [-0.15, -0.1) is 12.6 Å². The summed E-state index contributed by atoms with van der Waals surface area (Å²) in [4.78, 5) is 11.7. The number of hydrogen-bond donors (Lipinski definition) is 1. The number of ketones is 1. The van der Waals surface area contributed by atoms with Crippen molar-refractivity contribution in [2.75, 3.05) is 0 Å². The molecule has 1 aromatic carbocycles. The highest BCUT2D eigenvalue weighted by atomic mass is 32.1. The molecule has 0 aliphatic rings. The summed E-state index contributed by atoms with van der Waals surface area (Å²) in [6, 6.07) is 6.46. The van der Waals surface area contributed by atoms with E-state index in [-0.39, 0.29) is 6.42 Å². The number of hydrogen-bond acceptors (Lipinski definition) is 2. The molecule has 0 atom stereocenters. The van der Waals surface area contributed by atoms with E-state index in [1.165, 1.54) is 0 Å². The van der Waals surface area contributed by atoms with E-state index in [0.29, 0.717) is 10.5 Å². The van der Waals surface area contributed by atoms with Crippen LogP contribution in [0, 0.1) is 0 Å². The molecular formula is C10H9F3OS. The third-order valence-electron chi connectivity index (χ3n) is 1.74. The van der Waals surface area contributed by atoms with Crippen molar-refractivity contribution in [3.63, 3.8) is 0 Å². The molecule has 0 saturated carbocycles. The fraction of sp³-hybridized carbons (Fsp3) is 0.300. The molecule has 15 heavy (non-hydrogen) atoms. The predicted molar refractivity (Wildman–Crippen MR) is 53.1 cm³/mol. The standard InChI is InChI=1S/C10H9F3OS/c11-10(12,13)6-8(14)5-7-1-3-9(15)4-2-7/h1-4,15H,5-6H2. The molecule has 0 amide bonds. The highest BCUT2D eigenvalue weighted by Crippen LogP contribution is 2.21. The summed E-state index contributed by atoms with van der Waals surface area (Å²) < 4.78 is 35.5. The average Bonchev–Trinajstić information content (AvgIpc) is 2.05. The van der Waals surface area contributed by atoms with Crippen LogP contribution < -0.4 is 0 Å². The van der Waals surface area contributed by atoms with Crippen LogP contribution in [0.4, 0.5) is 13.2 Å². The molecule has 0 N–H and O–H groups in total. The van der Waals surface area contributed by atoms with Crippen molar-refractivity contribution in [3.8, 4) is 0 Å². The van der Waals surface area contributed by atoms with Gasteiger partial charge in [0.15, 0.2) is 0 Å². The summed E-state index contributed by atoms with van der Waals surface area (Å²) in [6.07, 6.45) is -5.97. The maximum absolute atomic E-state index is 11.8. The Bertz CT molecular complexity index is 343. The summed E-state index contributed by atoms with van der Waals surface area (Å²) in [5.41, 5.74) is 0.571. The van der Waals surface area contributed by atoms with E-state index in [9.17, 15) is 18.0 Å². The topological polar surface area (TPSA) is 17.1 Å². The molecule has 0 bridgehead atoms. The number of halogens is 3. The second-order valence-electron chi connectivity index (χ2n) is 3.17. The molecule has 1 nitrogen and oxygen atoms in total. The van der Waals surface area contributed by atoms with Gasteiger partial charge in [-0.25, -0.2) is 0 Å². The molecule has 0 aliphatic heterocycles. The normalized spacial score (nSPS) is 11.5. The minimum atomic E-state index is -4.42. The SMILES string of the molecule is O=C(Cc1ccc(S)cc1)CC(F)(F)F. The Kier molecular flexibility index (Phi) is 3.79. The molecule has 0 aromatic heterocycles. The monoisotopic (exact) mass is 234 g/mol. The third-order valence-corrected chi connectivity index (χ3v) is 2.03. The Balaban J connectivity index is 2.55. The van der Waals surface area contributed by atoms with Gasteiger partial charge < -0.3 is 0 Å². The van der Waals surface area contributed by atoms with E-state index in [2.05, 4.69) is 12.6 Å². The van der Waals surface area contributed by atoms with Gasteiger partial charge in [0.2, 0.25) is 0 Å². The zero-order valence-corrected chi connectivity index (χ0v) is 8.61. The molecule has 1 aromatic rings. The van der Waals surface area contributed by atoms with Crippen LogP contribution in [0.1, 0.15) is 12.0 Å². The molecule has 82 valence electrons. The first-order chi connectivity index (χ1) is 6.87. The first-order valence-electron chi connectivity index (χ1n) is 4.23. The lowest BCUT2D eigenvalue weighted by molar-refractivity contribution is -0.151. The van der Waals surface area contributed by atoms with Crippen LogP contribution in [0.3, 0.4) is 0 Å². The van der Waals surface area contributed by atoms with Crippen molar-refractivity contribution in [2.45, 2.75) is 23.9 Å². The van der Waals surface area contributed by atoms with Gasteiger partial charge in [-0.1, -0.05) is 12.1 Å². The van der Waals surface area contributed by atoms with E-state index >= 15 is 0 Å². The van der Waals surface area contributed by atoms with Crippen molar-refractivity contribution >= 4 is 18.4 Å². The summed E-state index contributed by atoms with van der Waals surface area (Å²) in [5, 5.41) is 0. The van der Waals surface area contributed by atoms with Crippen LogP contribution in [0.2, 0.25) is 0 Å². The van der Waals surface area contributed by atoms with E-state index < -0.39 is 18.4 Å². The van der Waals surface area contributed by atoms with Crippen molar-refractivity contribution in [2.24, 2.45) is 0 Å². The molecule has 0 unspecified atom stereocenters. The minimum absolute atomic E-state index is 0.187. The second kappa shape index (κ2) is 4.70. The number of carbonyl (C=O) groups excluding carboxylic acids is 1. The maximum atomic E-state index is 11.8. The number of Topliss-reactive ketones (excluding diaryl/α,β-unsaturated/α-hetero) is 1. The zero-order valence-electron chi connectivity index (χ0n) is 7.71. The summed E-state index contributed by atoms with van der Waals surface area (Å²) in [6.45, 7) is 0.